The number of hydrogen-bond acceptors (Lipinski definition) is 3. The van der Waals surface area contributed by atoms with Crippen molar-refractivity contribution < 1.29 is 8.42 Å². The average Bonchev–Trinajstić information content (AvgIpc) is 2.88. The summed E-state index contributed by atoms with van der Waals surface area (Å²) in [5, 5.41) is 0.409. The topological polar surface area (TPSA) is 46.2 Å². The molecule has 18 heavy (non-hydrogen) atoms. The molecular formula is C10H12BrCl2NO2S2. The Morgan fingerprint density at radius 2 is 2.06 bits per heavy atom. The molecular weight excluding hydrogens is 381 g/mol. The van der Waals surface area contributed by atoms with Crippen LogP contribution in [0.5, 0.6) is 0 Å². The smallest absolute Gasteiger partial charge is 0.206 e. The number of thiophene rings is 1. The van der Waals surface area contributed by atoms with Crippen molar-refractivity contribution in [2.75, 3.05) is 5.88 Å². The number of alkyl halides is 1. The molecule has 0 aliphatic heterocycles. The van der Waals surface area contributed by atoms with Gasteiger partial charge in [-0.2, -0.15) is 0 Å². The van der Waals surface area contributed by atoms with Gasteiger partial charge in [-0.3, -0.25) is 0 Å². The zero-order valence-corrected chi connectivity index (χ0v) is 14.1. The predicted molar refractivity (Wildman–Crippen MR) is 79.3 cm³/mol. The maximum Gasteiger partial charge on any atom is 0.250 e. The fourth-order valence-corrected chi connectivity index (χ4v) is 6.38. The molecule has 0 saturated heterocycles. The SMILES string of the molecule is O=S(=O)(NC1(CCl)CCCC1)c1cc(Cl)c(Br)s1. The minimum Gasteiger partial charge on any atom is -0.206 e. The van der Waals surface area contributed by atoms with Crippen LogP contribution >= 0.6 is 50.5 Å². The summed E-state index contributed by atoms with van der Waals surface area (Å²) in [6.07, 6.45) is 3.58. The predicted octanol–water partition coefficient (Wildman–Crippen LogP) is 3.99. The summed E-state index contributed by atoms with van der Waals surface area (Å²) in [4.78, 5) is 0. The monoisotopic (exact) mass is 391 g/mol. The molecule has 0 atom stereocenters. The van der Waals surface area contributed by atoms with Gasteiger partial charge in [0.2, 0.25) is 0 Å². The van der Waals surface area contributed by atoms with Crippen LogP contribution in [0.15, 0.2) is 14.1 Å². The first-order valence-corrected chi connectivity index (χ1v) is 9.44. The van der Waals surface area contributed by atoms with Gasteiger partial charge in [0.25, 0.3) is 10.0 Å². The number of rotatable bonds is 4. The zero-order valence-electron chi connectivity index (χ0n) is 9.38. The molecule has 0 unspecified atom stereocenters. The van der Waals surface area contributed by atoms with Crippen molar-refractivity contribution in [3.05, 3.63) is 14.9 Å². The fraction of sp³-hybridized carbons (Fsp3) is 0.600. The summed E-state index contributed by atoms with van der Waals surface area (Å²) < 4.78 is 28.1. The van der Waals surface area contributed by atoms with Crippen molar-refractivity contribution in [1.82, 2.24) is 4.72 Å². The molecule has 1 N–H and O–H groups in total. The van der Waals surface area contributed by atoms with Gasteiger partial charge in [-0.15, -0.1) is 22.9 Å². The molecule has 2 rings (SSSR count). The van der Waals surface area contributed by atoms with Gasteiger partial charge in [0.15, 0.2) is 0 Å². The number of nitrogens with one attached hydrogen (secondary N) is 1. The van der Waals surface area contributed by atoms with Crippen molar-refractivity contribution in [1.29, 1.82) is 0 Å². The minimum absolute atomic E-state index is 0.218. The highest BCUT2D eigenvalue weighted by Crippen LogP contribution is 2.37. The highest BCUT2D eigenvalue weighted by atomic mass is 79.9. The van der Waals surface area contributed by atoms with Crippen molar-refractivity contribution >= 4 is 60.5 Å². The third-order valence-electron chi connectivity index (χ3n) is 3.05. The Morgan fingerprint density at radius 1 is 1.44 bits per heavy atom. The lowest BCUT2D eigenvalue weighted by molar-refractivity contribution is 0.433. The van der Waals surface area contributed by atoms with Crippen LogP contribution < -0.4 is 4.72 Å². The van der Waals surface area contributed by atoms with E-state index in [1.807, 2.05) is 0 Å². The van der Waals surface area contributed by atoms with E-state index in [0.717, 1.165) is 37.0 Å². The van der Waals surface area contributed by atoms with E-state index in [4.69, 9.17) is 23.2 Å². The van der Waals surface area contributed by atoms with Gasteiger partial charge in [-0.25, -0.2) is 13.1 Å². The summed E-state index contributed by atoms with van der Waals surface area (Å²) in [6, 6.07) is 1.45. The van der Waals surface area contributed by atoms with Gasteiger partial charge in [-0.05, 0) is 34.8 Å². The Kier molecular flexibility index (Phi) is 4.67. The highest BCUT2D eigenvalue weighted by molar-refractivity contribution is 9.11. The summed E-state index contributed by atoms with van der Waals surface area (Å²) in [5.41, 5.74) is -0.497. The molecule has 1 aromatic heterocycles. The molecule has 0 amide bonds. The quantitative estimate of drug-likeness (QED) is 0.787. The average molecular weight is 393 g/mol. The van der Waals surface area contributed by atoms with Crippen molar-refractivity contribution in [3.8, 4) is 0 Å². The highest BCUT2D eigenvalue weighted by Gasteiger charge is 2.37. The van der Waals surface area contributed by atoms with Gasteiger partial charge in [0.05, 0.1) is 8.81 Å². The Bertz CT molecular complexity index is 519. The Morgan fingerprint density at radius 3 is 2.50 bits per heavy atom. The van der Waals surface area contributed by atoms with E-state index >= 15 is 0 Å². The maximum absolute atomic E-state index is 12.3. The second-order valence-electron chi connectivity index (χ2n) is 4.41. The van der Waals surface area contributed by atoms with E-state index in [2.05, 4.69) is 20.7 Å². The largest absolute Gasteiger partial charge is 0.250 e. The number of halogens is 3. The molecule has 102 valence electrons. The van der Waals surface area contributed by atoms with Gasteiger partial charge >= 0.3 is 0 Å². The Labute approximate surface area is 129 Å². The summed E-state index contributed by atoms with van der Waals surface area (Å²) in [5.74, 6) is 0.298. The first kappa shape index (κ1) is 15.1. The Hall–Kier alpha value is 0.670. The van der Waals surface area contributed by atoms with Gasteiger partial charge in [-0.1, -0.05) is 24.4 Å². The first-order valence-electron chi connectivity index (χ1n) is 5.43. The molecule has 0 radical (unpaired) electrons. The molecule has 0 spiro atoms. The number of hydrogen-bond donors (Lipinski definition) is 1. The second-order valence-corrected chi connectivity index (χ2v) is 9.37. The molecule has 8 heteroatoms. The first-order chi connectivity index (χ1) is 8.38. The molecule has 3 nitrogen and oxygen atoms in total. The normalized spacial score (nSPS) is 19.3. The third kappa shape index (κ3) is 3.04. The van der Waals surface area contributed by atoms with E-state index in [9.17, 15) is 8.42 Å². The van der Waals surface area contributed by atoms with Crippen molar-refractivity contribution in [3.63, 3.8) is 0 Å². The van der Waals surface area contributed by atoms with E-state index in [1.54, 1.807) is 0 Å². The molecule has 0 bridgehead atoms. The minimum atomic E-state index is -3.55. The van der Waals surface area contributed by atoms with Crippen LogP contribution in [0.3, 0.4) is 0 Å². The van der Waals surface area contributed by atoms with Crippen LogP contribution in [-0.2, 0) is 10.0 Å². The summed E-state index contributed by atoms with van der Waals surface area (Å²) in [7, 11) is -3.55. The van der Waals surface area contributed by atoms with E-state index in [-0.39, 0.29) is 4.21 Å². The van der Waals surface area contributed by atoms with Crippen LogP contribution in [0.4, 0.5) is 0 Å². The van der Waals surface area contributed by atoms with Gasteiger partial charge in [0.1, 0.15) is 4.21 Å². The van der Waals surface area contributed by atoms with Crippen LogP contribution in [0, 0.1) is 0 Å². The zero-order chi connectivity index (χ0) is 13.4. The summed E-state index contributed by atoms with van der Waals surface area (Å²) >= 11 is 16.1. The second kappa shape index (κ2) is 5.58. The van der Waals surface area contributed by atoms with Crippen molar-refractivity contribution in [2.45, 2.75) is 35.4 Å². The number of sulfonamides is 1. The van der Waals surface area contributed by atoms with E-state index in [0.29, 0.717) is 14.7 Å². The lowest BCUT2D eigenvalue weighted by atomic mass is 10.0. The maximum atomic E-state index is 12.3. The lowest BCUT2D eigenvalue weighted by Gasteiger charge is -2.26. The van der Waals surface area contributed by atoms with Crippen molar-refractivity contribution in [2.24, 2.45) is 0 Å². The van der Waals surface area contributed by atoms with E-state index < -0.39 is 15.6 Å². The molecule has 1 heterocycles. The molecule has 1 aromatic rings. The molecule has 0 aromatic carbocycles. The molecule has 1 fully saturated rings. The standard InChI is InChI=1S/C10H12BrCl2NO2S2/c11-9-7(13)5-8(17-9)18(15,16)14-10(6-12)3-1-2-4-10/h5,14H,1-4,6H2. The third-order valence-corrected chi connectivity index (χ3v) is 8.09. The fourth-order valence-electron chi connectivity index (χ4n) is 2.11. The van der Waals surface area contributed by atoms with Gasteiger partial charge < -0.3 is 0 Å². The van der Waals surface area contributed by atoms with Crippen LogP contribution in [0.1, 0.15) is 25.7 Å². The molecule has 1 aliphatic carbocycles. The Balaban J connectivity index is 2.26. The lowest BCUT2D eigenvalue weighted by Crippen LogP contribution is -2.47. The van der Waals surface area contributed by atoms with E-state index in [1.165, 1.54) is 6.07 Å². The van der Waals surface area contributed by atoms with Crippen LogP contribution in [-0.4, -0.2) is 19.8 Å². The molecule has 1 saturated carbocycles. The van der Waals surface area contributed by atoms with Crippen LogP contribution in [0.25, 0.3) is 0 Å². The van der Waals surface area contributed by atoms with Crippen LogP contribution in [0.2, 0.25) is 5.02 Å². The molecule has 1 aliphatic rings. The summed E-state index contributed by atoms with van der Waals surface area (Å²) in [6.45, 7) is 0. The van der Waals surface area contributed by atoms with Gasteiger partial charge in [0, 0.05) is 11.4 Å².